The first-order valence-electron chi connectivity index (χ1n) is 8.40. The van der Waals surface area contributed by atoms with E-state index in [0.717, 1.165) is 11.4 Å². The molecule has 0 saturated carbocycles. The zero-order chi connectivity index (χ0) is 16.6. The first-order valence-corrected chi connectivity index (χ1v) is 9.38. The molecule has 1 aromatic carbocycles. The van der Waals surface area contributed by atoms with Crippen LogP contribution in [0.4, 0.5) is 0 Å². The molecule has 5 heteroatoms. The van der Waals surface area contributed by atoms with Crippen LogP contribution < -0.4 is 5.32 Å². The summed E-state index contributed by atoms with van der Waals surface area (Å²) in [4.78, 5) is 19.6. The predicted molar refractivity (Wildman–Crippen MR) is 97.8 cm³/mol. The minimum Gasteiger partial charge on any atom is -0.351 e. The molecule has 0 bridgehead atoms. The van der Waals surface area contributed by atoms with Gasteiger partial charge in [0.1, 0.15) is 0 Å². The molecule has 126 valence electrons. The number of benzene rings is 1. The Morgan fingerprint density at radius 1 is 1.08 bits per heavy atom. The van der Waals surface area contributed by atoms with Crippen LogP contribution in [0.5, 0.6) is 0 Å². The summed E-state index contributed by atoms with van der Waals surface area (Å²) in [5.74, 6) is 0.492. The lowest BCUT2D eigenvalue weighted by atomic mass is 10.1. The Hall–Kier alpha value is -1.85. The standard InChI is InChI=1S/C19H23N3OS/c23-19(15-24-18-7-9-20-10-8-18)21-13-16-5-1-2-6-17(16)14-22-11-3-4-12-22/h1-2,5-10H,3-4,11-15H2,(H,21,23). The number of rotatable bonds is 7. The Labute approximate surface area is 147 Å². The van der Waals surface area contributed by atoms with E-state index in [1.165, 1.54) is 48.8 Å². The van der Waals surface area contributed by atoms with Gasteiger partial charge >= 0.3 is 0 Å². The molecule has 0 aliphatic carbocycles. The Kier molecular flexibility index (Phi) is 6.26. The molecule has 1 aromatic heterocycles. The molecule has 4 nitrogen and oxygen atoms in total. The fourth-order valence-electron chi connectivity index (χ4n) is 2.89. The Morgan fingerprint density at radius 2 is 1.79 bits per heavy atom. The van der Waals surface area contributed by atoms with E-state index < -0.39 is 0 Å². The van der Waals surface area contributed by atoms with Crippen molar-refractivity contribution in [1.82, 2.24) is 15.2 Å². The van der Waals surface area contributed by atoms with Crippen molar-refractivity contribution in [1.29, 1.82) is 0 Å². The van der Waals surface area contributed by atoms with Crippen molar-refractivity contribution in [2.45, 2.75) is 30.8 Å². The van der Waals surface area contributed by atoms with E-state index in [1.807, 2.05) is 18.2 Å². The predicted octanol–water partition coefficient (Wildman–Crippen LogP) is 3.09. The summed E-state index contributed by atoms with van der Waals surface area (Å²) in [6.07, 6.45) is 6.08. The van der Waals surface area contributed by atoms with Gasteiger partial charge in [-0.2, -0.15) is 0 Å². The van der Waals surface area contributed by atoms with E-state index in [9.17, 15) is 4.79 Å². The van der Waals surface area contributed by atoms with Gasteiger partial charge in [-0.1, -0.05) is 24.3 Å². The van der Waals surface area contributed by atoms with Crippen LogP contribution in [0.2, 0.25) is 0 Å². The van der Waals surface area contributed by atoms with E-state index in [2.05, 4.69) is 33.4 Å². The maximum absolute atomic E-state index is 12.1. The van der Waals surface area contributed by atoms with Crippen molar-refractivity contribution in [3.63, 3.8) is 0 Å². The molecular formula is C19H23N3OS. The van der Waals surface area contributed by atoms with E-state index >= 15 is 0 Å². The molecule has 0 atom stereocenters. The van der Waals surface area contributed by atoms with Gasteiger partial charge in [0, 0.05) is 30.4 Å². The molecule has 1 saturated heterocycles. The number of amides is 1. The lowest BCUT2D eigenvalue weighted by Crippen LogP contribution is -2.26. The third kappa shape index (κ3) is 5.08. The van der Waals surface area contributed by atoms with Crippen molar-refractivity contribution >= 4 is 17.7 Å². The van der Waals surface area contributed by atoms with Crippen molar-refractivity contribution < 1.29 is 4.79 Å². The SMILES string of the molecule is O=C(CSc1ccncc1)NCc1ccccc1CN1CCCC1. The summed E-state index contributed by atoms with van der Waals surface area (Å²) in [7, 11) is 0. The van der Waals surface area contributed by atoms with Gasteiger partial charge in [0.2, 0.25) is 5.91 Å². The van der Waals surface area contributed by atoms with Crippen LogP contribution in [0.25, 0.3) is 0 Å². The number of nitrogens with zero attached hydrogens (tertiary/aromatic N) is 2. The number of likely N-dealkylation sites (tertiary alicyclic amines) is 1. The number of hydrogen-bond donors (Lipinski definition) is 1. The van der Waals surface area contributed by atoms with Crippen molar-refractivity contribution in [2.75, 3.05) is 18.8 Å². The summed E-state index contributed by atoms with van der Waals surface area (Å²) in [5, 5.41) is 3.04. The largest absolute Gasteiger partial charge is 0.351 e. The monoisotopic (exact) mass is 341 g/mol. The molecule has 0 spiro atoms. The number of carbonyl (C=O) groups is 1. The van der Waals surface area contributed by atoms with Crippen LogP contribution in [-0.2, 0) is 17.9 Å². The van der Waals surface area contributed by atoms with E-state index in [4.69, 9.17) is 0 Å². The number of carbonyl (C=O) groups excluding carboxylic acids is 1. The van der Waals surface area contributed by atoms with Gasteiger partial charge < -0.3 is 5.32 Å². The quantitative estimate of drug-likeness (QED) is 0.786. The first kappa shape index (κ1) is 17.0. The lowest BCUT2D eigenvalue weighted by molar-refractivity contribution is -0.118. The molecule has 1 fully saturated rings. The second-order valence-electron chi connectivity index (χ2n) is 6.00. The smallest absolute Gasteiger partial charge is 0.230 e. The molecule has 1 aliphatic heterocycles. The summed E-state index contributed by atoms with van der Waals surface area (Å²) < 4.78 is 0. The summed E-state index contributed by atoms with van der Waals surface area (Å²) >= 11 is 1.53. The summed E-state index contributed by atoms with van der Waals surface area (Å²) in [5.41, 5.74) is 2.54. The molecule has 0 radical (unpaired) electrons. The molecule has 3 rings (SSSR count). The summed E-state index contributed by atoms with van der Waals surface area (Å²) in [6, 6.07) is 12.2. The molecule has 1 N–H and O–H groups in total. The zero-order valence-electron chi connectivity index (χ0n) is 13.8. The minimum atomic E-state index is 0.0628. The van der Waals surface area contributed by atoms with E-state index in [-0.39, 0.29) is 5.91 Å². The molecule has 24 heavy (non-hydrogen) atoms. The second kappa shape index (κ2) is 8.85. The molecule has 1 amide bonds. The maximum Gasteiger partial charge on any atom is 0.230 e. The topological polar surface area (TPSA) is 45.2 Å². The number of aromatic nitrogens is 1. The molecule has 2 heterocycles. The highest BCUT2D eigenvalue weighted by molar-refractivity contribution is 8.00. The van der Waals surface area contributed by atoms with Crippen LogP contribution in [0.1, 0.15) is 24.0 Å². The van der Waals surface area contributed by atoms with Gasteiger partial charge in [-0.15, -0.1) is 11.8 Å². The molecule has 2 aromatic rings. The number of pyridine rings is 1. The fourth-order valence-corrected chi connectivity index (χ4v) is 3.61. The van der Waals surface area contributed by atoms with Crippen LogP contribution in [0, 0.1) is 0 Å². The van der Waals surface area contributed by atoms with E-state index in [0.29, 0.717) is 12.3 Å². The Balaban J connectivity index is 1.49. The number of hydrogen-bond acceptors (Lipinski definition) is 4. The highest BCUT2D eigenvalue weighted by Crippen LogP contribution is 2.17. The van der Waals surface area contributed by atoms with Crippen molar-refractivity contribution in [2.24, 2.45) is 0 Å². The number of nitrogens with one attached hydrogen (secondary N) is 1. The third-order valence-electron chi connectivity index (χ3n) is 4.21. The maximum atomic E-state index is 12.1. The average molecular weight is 341 g/mol. The van der Waals surface area contributed by atoms with Crippen molar-refractivity contribution in [3.8, 4) is 0 Å². The second-order valence-corrected chi connectivity index (χ2v) is 7.05. The fraction of sp³-hybridized carbons (Fsp3) is 0.368. The van der Waals surface area contributed by atoms with Gasteiger partial charge in [-0.3, -0.25) is 14.7 Å². The summed E-state index contributed by atoms with van der Waals surface area (Å²) in [6.45, 7) is 3.95. The highest BCUT2D eigenvalue weighted by Gasteiger charge is 2.13. The molecule has 1 aliphatic rings. The molecular weight excluding hydrogens is 318 g/mol. The Morgan fingerprint density at radius 3 is 2.54 bits per heavy atom. The lowest BCUT2D eigenvalue weighted by Gasteiger charge is -2.17. The van der Waals surface area contributed by atoms with Gasteiger partial charge in [0.05, 0.1) is 5.75 Å². The minimum absolute atomic E-state index is 0.0628. The van der Waals surface area contributed by atoms with Crippen LogP contribution in [0.3, 0.4) is 0 Å². The Bertz CT molecular complexity index is 657. The van der Waals surface area contributed by atoms with Gasteiger partial charge in [0.25, 0.3) is 0 Å². The van der Waals surface area contributed by atoms with Crippen LogP contribution >= 0.6 is 11.8 Å². The van der Waals surface area contributed by atoms with Gasteiger partial charge in [-0.05, 0) is 49.2 Å². The van der Waals surface area contributed by atoms with Crippen LogP contribution in [-0.4, -0.2) is 34.6 Å². The third-order valence-corrected chi connectivity index (χ3v) is 5.22. The average Bonchev–Trinajstić information content (AvgIpc) is 3.13. The van der Waals surface area contributed by atoms with Crippen LogP contribution in [0.15, 0.2) is 53.7 Å². The highest BCUT2D eigenvalue weighted by atomic mass is 32.2. The number of thioether (sulfide) groups is 1. The van der Waals surface area contributed by atoms with Crippen molar-refractivity contribution in [3.05, 3.63) is 59.9 Å². The first-order chi connectivity index (χ1) is 11.8. The van der Waals surface area contributed by atoms with Gasteiger partial charge in [-0.25, -0.2) is 0 Å². The molecule has 0 unspecified atom stereocenters. The zero-order valence-corrected chi connectivity index (χ0v) is 14.6. The normalized spacial score (nSPS) is 14.7. The van der Waals surface area contributed by atoms with E-state index in [1.54, 1.807) is 12.4 Å². The van der Waals surface area contributed by atoms with Gasteiger partial charge in [0.15, 0.2) is 0 Å².